The van der Waals surface area contributed by atoms with Crippen LogP contribution in [0.4, 0.5) is 4.39 Å². The van der Waals surface area contributed by atoms with Gasteiger partial charge in [-0.25, -0.2) is 4.39 Å². The normalized spacial score (nSPS) is 10.3. The molecule has 0 unspecified atom stereocenters. The summed E-state index contributed by atoms with van der Waals surface area (Å²) in [5.74, 6) is -0.259. The average molecular weight is 336 g/mol. The zero-order valence-electron chi connectivity index (χ0n) is 10.9. The molecule has 0 aliphatic rings. The van der Waals surface area contributed by atoms with E-state index in [2.05, 4.69) is 21.2 Å². The first-order valence-electron chi connectivity index (χ1n) is 6.40. The van der Waals surface area contributed by atoms with Crippen molar-refractivity contribution >= 4 is 21.8 Å². The highest BCUT2D eigenvalue weighted by Gasteiger charge is 2.05. The molecule has 2 aromatic carbocycles. The van der Waals surface area contributed by atoms with Crippen LogP contribution in [-0.4, -0.2) is 12.5 Å². The summed E-state index contributed by atoms with van der Waals surface area (Å²) in [6, 6.07) is 14.0. The van der Waals surface area contributed by atoms with E-state index in [0.29, 0.717) is 19.4 Å². The largest absolute Gasteiger partial charge is 0.355 e. The summed E-state index contributed by atoms with van der Waals surface area (Å²) in [6.07, 6.45) is 1.05. The maximum absolute atomic E-state index is 12.7. The van der Waals surface area contributed by atoms with Crippen LogP contribution in [0.25, 0.3) is 0 Å². The molecule has 0 fully saturated rings. The molecular formula is C16H15BrFNO. The van der Waals surface area contributed by atoms with E-state index in [4.69, 9.17) is 0 Å². The fraction of sp³-hybridized carbons (Fsp3) is 0.188. The van der Waals surface area contributed by atoms with Crippen LogP contribution < -0.4 is 5.32 Å². The second-order valence-corrected chi connectivity index (χ2v) is 5.35. The molecule has 0 radical (unpaired) electrons. The number of amides is 1. The van der Waals surface area contributed by atoms with Crippen LogP contribution in [0.2, 0.25) is 0 Å². The number of carbonyl (C=O) groups is 1. The van der Waals surface area contributed by atoms with Crippen LogP contribution in [0.1, 0.15) is 11.1 Å². The fourth-order valence-electron chi connectivity index (χ4n) is 1.87. The molecule has 0 saturated heterocycles. The maximum atomic E-state index is 12.7. The second-order valence-electron chi connectivity index (χ2n) is 4.49. The van der Waals surface area contributed by atoms with E-state index >= 15 is 0 Å². The molecule has 1 amide bonds. The molecule has 0 spiro atoms. The molecule has 0 aliphatic heterocycles. The standard InChI is InChI=1S/C16H15BrFNO/c17-15-4-2-1-3-13(15)11-16(20)19-10-9-12-5-7-14(18)8-6-12/h1-8H,9-11H2,(H,19,20). The van der Waals surface area contributed by atoms with Crippen LogP contribution in [0.3, 0.4) is 0 Å². The van der Waals surface area contributed by atoms with E-state index < -0.39 is 0 Å². The van der Waals surface area contributed by atoms with Crippen LogP contribution in [0, 0.1) is 5.82 Å². The van der Waals surface area contributed by atoms with Gasteiger partial charge in [-0.05, 0) is 35.7 Å². The topological polar surface area (TPSA) is 29.1 Å². The lowest BCUT2D eigenvalue weighted by atomic mass is 10.1. The monoisotopic (exact) mass is 335 g/mol. The predicted octanol–water partition coefficient (Wildman–Crippen LogP) is 3.49. The Labute approximate surface area is 126 Å². The molecule has 2 rings (SSSR count). The summed E-state index contributed by atoms with van der Waals surface area (Å²) in [6.45, 7) is 0.551. The van der Waals surface area contributed by atoms with Gasteiger partial charge in [-0.15, -0.1) is 0 Å². The molecule has 0 aromatic heterocycles. The first-order valence-corrected chi connectivity index (χ1v) is 7.19. The van der Waals surface area contributed by atoms with Crippen molar-refractivity contribution in [2.75, 3.05) is 6.54 Å². The Morgan fingerprint density at radius 1 is 1.10 bits per heavy atom. The Morgan fingerprint density at radius 3 is 2.50 bits per heavy atom. The fourth-order valence-corrected chi connectivity index (χ4v) is 2.30. The molecule has 1 N–H and O–H groups in total. The number of benzene rings is 2. The van der Waals surface area contributed by atoms with Crippen molar-refractivity contribution < 1.29 is 9.18 Å². The average Bonchev–Trinajstić information content (AvgIpc) is 2.44. The minimum Gasteiger partial charge on any atom is -0.355 e. The third-order valence-corrected chi connectivity index (χ3v) is 3.73. The van der Waals surface area contributed by atoms with E-state index in [1.54, 1.807) is 12.1 Å². The lowest BCUT2D eigenvalue weighted by molar-refractivity contribution is -0.120. The first kappa shape index (κ1) is 14.7. The van der Waals surface area contributed by atoms with Gasteiger partial charge in [0, 0.05) is 11.0 Å². The summed E-state index contributed by atoms with van der Waals surface area (Å²) >= 11 is 3.42. The first-order chi connectivity index (χ1) is 9.65. The number of hydrogen-bond donors (Lipinski definition) is 1. The number of rotatable bonds is 5. The SMILES string of the molecule is O=C(Cc1ccccc1Br)NCCc1ccc(F)cc1. The lowest BCUT2D eigenvalue weighted by Crippen LogP contribution is -2.27. The van der Waals surface area contributed by atoms with Gasteiger partial charge in [0.2, 0.25) is 5.91 Å². The van der Waals surface area contributed by atoms with Crippen molar-refractivity contribution in [3.05, 3.63) is 69.9 Å². The van der Waals surface area contributed by atoms with E-state index in [9.17, 15) is 9.18 Å². The third-order valence-electron chi connectivity index (χ3n) is 2.96. The van der Waals surface area contributed by atoms with Crippen LogP contribution in [-0.2, 0) is 17.6 Å². The number of hydrogen-bond acceptors (Lipinski definition) is 1. The van der Waals surface area contributed by atoms with Crippen molar-refractivity contribution in [2.45, 2.75) is 12.8 Å². The van der Waals surface area contributed by atoms with E-state index in [0.717, 1.165) is 15.6 Å². The van der Waals surface area contributed by atoms with Crippen LogP contribution in [0.5, 0.6) is 0 Å². The van der Waals surface area contributed by atoms with Crippen molar-refractivity contribution in [1.82, 2.24) is 5.32 Å². The molecule has 20 heavy (non-hydrogen) atoms. The summed E-state index contributed by atoms with van der Waals surface area (Å²) in [5.41, 5.74) is 1.97. The Bertz CT molecular complexity index is 583. The highest BCUT2D eigenvalue weighted by atomic mass is 79.9. The van der Waals surface area contributed by atoms with E-state index in [1.165, 1.54) is 12.1 Å². The van der Waals surface area contributed by atoms with Gasteiger partial charge in [0.15, 0.2) is 0 Å². The van der Waals surface area contributed by atoms with Gasteiger partial charge in [0.1, 0.15) is 5.82 Å². The second kappa shape index (κ2) is 7.20. The van der Waals surface area contributed by atoms with Gasteiger partial charge >= 0.3 is 0 Å². The number of nitrogens with one attached hydrogen (secondary N) is 1. The van der Waals surface area contributed by atoms with Crippen molar-refractivity contribution in [2.24, 2.45) is 0 Å². The smallest absolute Gasteiger partial charge is 0.224 e. The minimum atomic E-state index is -0.244. The van der Waals surface area contributed by atoms with Gasteiger partial charge in [-0.1, -0.05) is 46.3 Å². The molecule has 0 heterocycles. The van der Waals surface area contributed by atoms with Crippen molar-refractivity contribution in [1.29, 1.82) is 0 Å². The zero-order chi connectivity index (χ0) is 14.4. The third kappa shape index (κ3) is 4.46. The van der Waals surface area contributed by atoms with Gasteiger partial charge in [0.05, 0.1) is 6.42 Å². The molecule has 2 nitrogen and oxygen atoms in total. The van der Waals surface area contributed by atoms with Crippen LogP contribution in [0.15, 0.2) is 53.0 Å². The molecule has 0 aliphatic carbocycles. The van der Waals surface area contributed by atoms with E-state index in [1.807, 2.05) is 24.3 Å². The summed E-state index contributed by atoms with van der Waals surface area (Å²) in [7, 11) is 0. The summed E-state index contributed by atoms with van der Waals surface area (Å²) in [4.78, 5) is 11.8. The van der Waals surface area contributed by atoms with Gasteiger partial charge < -0.3 is 5.32 Å². The van der Waals surface area contributed by atoms with Gasteiger partial charge in [0.25, 0.3) is 0 Å². The van der Waals surface area contributed by atoms with Gasteiger partial charge in [-0.3, -0.25) is 4.79 Å². The van der Waals surface area contributed by atoms with Crippen LogP contribution >= 0.6 is 15.9 Å². The molecule has 0 atom stereocenters. The summed E-state index contributed by atoms with van der Waals surface area (Å²) < 4.78 is 13.7. The Kier molecular flexibility index (Phi) is 5.30. The minimum absolute atomic E-state index is 0.0148. The van der Waals surface area contributed by atoms with E-state index in [-0.39, 0.29) is 11.7 Å². The highest BCUT2D eigenvalue weighted by Crippen LogP contribution is 2.16. The van der Waals surface area contributed by atoms with Crippen molar-refractivity contribution in [3.8, 4) is 0 Å². The molecular weight excluding hydrogens is 321 g/mol. The Balaban J connectivity index is 1.78. The molecule has 104 valence electrons. The maximum Gasteiger partial charge on any atom is 0.224 e. The highest BCUT2D eigenvalue weighted by molar-refractivity contribution is 9.10. The number of carbonyl (C=O) groups excluding carboxylic acids is 1. The van der Waals surface area contributed by atoms with Gasteiger partial charge in [-0.2, -0.15) is 0 Å². The molecule has 0 saturated carbocycles. The van der Waals surface area contributed by atoms with Crippen molar-refractivity contribution in [3.63, 3.8) is 0 Å². The number of halogens is 2. The Morgan fingerprint density at radius 2 is 1.80 bits per heavy atom. The molecule has 4 heteroatoms. The quantitative estimate of drug-likeness (QED) is 0.890. The lowest BCUT2D eigenvalue weighted by Gasteiger charge is -2.07. The predicted molar refractivity (Wildman–Crippen MR) is 81.0 cm³/mol. The zero-order valence-corrected chi connectivity index (χ0v) is 12.5. The summed E-state index contributed by atoms with van der Waals surface area (Å²) in [5, 5.41) is 2.87. The molecule has 0 bridgehead atoms. The molecule has 2 aromatic rings. The Hall–Kier alpha value is -1.68.